The quantitative estimate of drug-likeness (QED) is 0.0927. The largest absolute Gasteiger partial charge is 0.477 e. The summed E-state index contributed by atoms with van der Waals surface area (Å²) in [5.41, 5.74) is 5.61. The van der Waals surface area contributed by atoms with E-state index in [2.05, 4.69) is 31.1 Å². The number of thiocarbonyl (C=S) groups is 1. The molecule has 2 aliphatic rings. The number of fused-ring (bicyclic) bond motifs is 1. The van der Waals surface area contributed by atoms with Gasteiger partial charge in [-0.2, -0.15) is 0 Å². The molecule has 15 nitrogen and oxygen atoms in total. The molecule has 210 valence electrons. The number of nitrogens with zero attached hydrogens (tertiary/aromatic N) is 5. The Balaban J connectivity index is 1.40. The Bertz CT molecular complexity index is 1700. The van der Waals surface area contributed by atoms with Crippen LogP contribution in [0.5, 0.6) is 0 Å². The Morgan fingerprint density at radius 2 is 2.05 bits per heavy atom. The van der Waals surface area contributed by atoms with Gasteiger partial charge in [-0.15, -0.1) is 16.9 Å². The molecule has 6 N–H and O–H groups in total. The lowest BCUT2D eigenvalue weighted by Gasteiger charge is -2.49. The van der Waals surface area contributed by atoms with Crippen LogP contribution in [0, 0.1) is 0 Å². The fourth-order valence-corrected chi connectivity index (χ4v) is 6.21. The van der Waals surface area contributed by atoms with Gasteiger partial charge in [0.1, 0.15) is 28.7 Å². The lowest BCUT2D eigenvalue weighted by atomic mass is 9.99. The molecule has 4 heterocycles. The van der Waals surface area contributed by atoms with Gasteiger partial charge < -0.3 is 26.5 Å². The maximum atomic E-state index is 13.5. The second-order valence-corrected chi connectivity index (χ2v) is 10.5. The zero-order valence-electron chi connectivity index (χ0n) is 21.1. The van der Waals surface area contributed by atoms with Crippen molar-refractivity contribution in [1.29, 1.82) is 0 Å². The van der Waals surface area contributed by atoms with Gasteiger partial charge in [0.15, 0.2) is 11.3 Å². The minimum atomic E-state index is -1.38. The van der Waals surface area contributed by atoms with Crippen LogP contribution in [-0.2, 0) is 21.4 Å². The summed E-state index contributed by atoms with van der Waals surface area (Å²) in [6, 6.07) is 4.94. The summed E-state index contributed by atoms with van der Waals surface area (Å²) in [5, 5.41) is 25.4. The number of aryl methyl sites for hydroxylation is 1. The number of rotatable bonds is 8. The fraction of sp³-hybridized carbons (Fsp3) is 0.208. The topological polar surface area (TPSA) is 218 Å². The normalized spacial score (nSPS) is 18.7. The van der Waals surface area contributed by atoms with Crippen molar-refractivity contribution in [3.05, 3.63) is 81.2 Å². The molecule has 0 aliphatic carbocycles. The first-order valence-electron chi connectivity index (χ1n) is 11.9. The van der Waals surface area contributed by atoms with E-state index in [1.54, 1.807) is 25.2 Å². The van der Waals surface area contributed by atoms with Gasteiger partial charge in [0.25, 0.3) is 11.8 Å². The third-order valence-corrected chi connectivity index (χ3v) is 8.13. The Kier molecular flexibility index (Phi) is 7.38. The number of β-lactam (4-membered cyclic amide) rings is 1. The maximum Gasteiger partial charge on any atom is 0.353 e. The van der Waals surface area contributed by atoms with E-state index in [0.29, 0.717) is 11.3 Å². The molecule has 1 fully saturated rings. The van der Waals surface area contributed by atoms with Crippen LogP contribution in [-0.4, -0.2) is 80.9 Å². The molecule has 41 heavy (non-hydrogen) atoms. The minimum Gasteiger partial charge on any atom is -0.477 e. The highest BCUT2D eigenvalue weighted by atomic mass is 32.2. The molecular formula is C24H21N9O6S2. The third kappa shape index (κ3) is 5.07. The number of benzene rings is 1. The maximum absolute atomic E-state index is 13.5. The first-order valence-corrected chi connectivity index (χ1v) is 13.4. The first-order chi connectivity index (χ1) is 19.6. The molecular weight excluding hydrogens is 574 g/mol. The molecule has 2 aliphatic heterocycles. The SMILES string of the molecule is Cn1nnnc1C(=S)C1=C(C(=O)O)N2C(=O)C(NC(=O)C(NC(=O)c3c[nH]ccc3=O)c3cccc(N)c3)[C@@H]2SC1. The Labute approximate surface area is 240 Å². The number of carboxylic acids is 1. The van der Waals surface area contributed by atoms with E-state index in [1.165, 1.54) is 41.0 Å². The van der Waals surface area contributed by atoms with Crippen LogP contribution in [0.15, 0.2) is 58.8 Å². The van der Waals surface area contributed by atoms with Crippen molar-refractivity contribution in [1.82, 2.24) is 40.7 Å². The number of aromatic nitrogens is 5. The van der Waals surface area contributed by atoms with Crippen molar-refractivity contribution in [2.24, 2.45) is 7.05 Å². The number of H-pyrrole nitrogens is 1. The summed E-state index contributed by atoms with van der Waals surface area (Å²) >= 11 is 6.64. The fourth-order valence-electron chi connectivity index (χ4n) is 4.43. The van der Waals surface area contributed by atoms with E-state index < -0.39 is 46.6 Å². The summed E-state index contributed by atoms with van der Waals surface area (Å²) in [4.78, 5) is 67.9. The minimum absolute atomic E-state index is 0.0847. The van der Waals surface area contributed by atoms with Crippen molar-refractivity contribution in [2.45, 2.75) is 17.5 Å². The Morgan fingerprint density at radius 1 is 1.27 bits per heavy atom. The number of hydrogen-bond acceptors (Lipinski definition) is 11. The lowest BCUT2D eigenvalue weighted by Crippen LogP contribution is -2.71. The van der Waals surface area contributed by atoms with Crippen LogP contribution in [0.4, 0.5) is 5.69 Å². The lowest BCUT2D eigenvalue weighted by molar-refractivity contribution is -0.150. The monoisotopic (exact) mass is 595 g/mol. The van der Waals surface area contributed by atoms with Crippen LogP contribution in [0.1, 0.15) is 27.8 Å². The van der Waals surface area contributed by atoms with Gasteiger partial charge in [-0.3, -0.25) is 24.1 Å². The number of hydrogen-bond donors (Lipinski definition) is 5. The summed E-state index contributed by atoms with van der Waals surface area (Å²) in [7, 11) is 1.55. The highest BCUT2D eigenvalue weighted by Crippen LogP contribution is 2.41. The molecule has 3 amide bonds. The number of aliphatic carboxylic acids is 1. The Morgan fingerprint density at radius 3 is 2.71 bits per heavy atom. The number of nitrogens with one attached hydrogen (secondary N) is 3. The molecule has 2 unspecified atom stereocenters. The number of carbonyl (C=O) groups is 4. The second-order valence-electron chi connectivity index (χ2n) is 8.98. The predicted molar refractivity (Wildman–Crippen MR) is 148 cm³/mol. The molecule has 1 saturated heterocycles. The van der Waals surface area contributed by atoms with Crippen LogP contribution in [0.25, 0.3) is 0 Å². The number of anilines is 1. The van der Waals surface area contributed by atoms with Crippen LogP contribution < -0.4 is 21.8 Å². The average Bonchev–Trinajstić information content (AvgIpc) is 3.38. The van der Waals surface area contributed by atoms with Gasteiger partial charge in [0.2, 0.25) is 5.91 Å². The second kappa shape index (κ2) is 10.9. The molecule has 0 radical (unpaired) electrons. The van der Waals surface area contributed by atoms with Gasteiger partial charge >= 0.3 is 5.97 Å². The van der Waals surface area contributed by atoms with Gasteiger partial charge in [0, 0.05) is 42.5 Å². The number of tetrazole rings is 1. The molecule has 0 spiro atoms. The molecule has 2 aromatic heterocycles. The van der Waals surface area contributed by atoms with Crippen molar-refractivity contribution < 1.29 is 24.3 Å². The predicted octanol–water partition coefficient (Wildman–Crippen LogP) is -0.891. The van der Waals surface area contributed by atoms with Crippen molar-refractivity contribution in [3.8, 4) is 0 Å². The van der Waals surface area contributed by atoms with Gasteiger partial charge in [-0.25, -0.2) is 9.48 Å². The molecule has 0 bridgehead atoms. The highest BCUT2D eigenvalue weighted by Gasteiger charge is 2.55. The standard InChI is InChI=1S/C24H21N9O6S2/c1-32-19(29-30-31-32)18(40)13-9-41-23-16(22(37)33(23)17(13)24(38)39)28-21(36)15(10-3-2-4-11(25)7-10)27-20(35)12-8-26-6-5-14(12)34/h2-8,15-16,23H,9,25H2,1H3,(H,26,34)(H,27,35)(H,28,36)(H,38,39)/t15?,16?,23-/m0/s1. The number of amides is 3. The van der Waals surface area contributed by atoms with Gasteiger partial charge in [-0.1, -0.05) is 24.4 Å². The number of aromatic amines is 1. The van der Waals surface area contributed by atoms with Crippen molar-refractivity contribution >= 4 is 58.2 Å². The molecule has 17 heteroatoms. The van der Waals surface area contributed by atoms with Crippen LogP contribution >= 0.6 is 24.0 Å². The molecule has 3 atom stereocenters. The van der Waals surface area contributed by atoms with Gasteiger partial charge in [0.05, 0.1) is 4.86 Å². The van der Waals surface area contributed by atoms with Crippen molar-refractivity contribution in [3.63, 3.8) is 0 Å². The van der Waals surface area contributed by atoms with Crippen LogP contribution in [0.2, 0.25) is 0 Å². The number of carbonyl (C=O) groups excluding carboxylic acids is 3. The number of nitrogen functional groups attached to an aromatic ring is 1. The summed E-state index contributed by atoms with van der Waals surface area (Å²) < 4.78 is 1.29. The van der Waals surface area contributed by atoms with E-state index in [1.807, 2.05) is 0 Å². The number of pyridine rings is 1. The molecule has 3 aromatic rings. The molecule has 0 saturated carbocycles. The number of thioether (sulfide) groups is 1. The molecule has 5 rings (SSSR count). The van der Waals surface area contributed by atoms with E-state index >= 15 is 0 Å². The molecule has 1 aromatic carbocycles. The summed E-state index contributed by atoms with van der Waals surface area (Å²) in [5.74, 6) is -3.36. The number of carboxylic acid groups (broad SMARTS) is 1. The zero-order chi connectivity index (χ0) is 29.4. The number of nitrogens with two attached hydrogens (primary N) is 1. The van der Waals surface area contributed by atoms with Crippen molar-refractivity contribution in [2.75, 3.05) is 11.5 Å². The van der Waals surface area contributed by atoms with Crippen LogP contribution in [0.3, 0.4) is 0 Å². The van der Waals surface area contributed by atoms with E-state index in [-0.39, 0.29) is 33.3 Å². The highest BCUT2D eigenvalue weighted by molar-refractivity contribution is 8.00. The average molecular weight is 596 g/mol. The first kappa shape index (κ1) is 27.7. The third-order valence-electron chi connectivity index (χ3n) is 6.42. The summed E-state index contributed by atoms with van der Waals surface area (Å²) in [6.45, 7) is 0. The van der Waals surface area contributed by atoms with E-state index in [4.69, 9.17) is 18.0 Å². The van der Waals surface area contributed by atoms with E-state index in [9.17, 15) is 29.1 Å². The van der Waals surface area contributed by atoms with Gasteiger partial charge in [-0.05, 0) is 28.1 Å². The zero-order valence-corrected chi connectivity index (χ0v) is 22.7. The summed E-state index contributed by atoms with van der Waals surface area (Å²) in [6.07, 6.45) is 2.57. The Hall–Kier alpha value is -4.90. The van der Waals surface area contributed by atoms with E-state index in [0.717, 1.165) is 4.90 Å². The smallest absolute Gasteiger partial charge is 0.353 e.